The quantitative estimate of drug-likeness (QED) is 0.837. The van der Waals surface area contributed by atoms with Crippen molar-refractivity contribution in [3.63, 3.8) is 0 Å². The summed E-state index contributed by atoms with van der Waals surface area (Å²) in [6.07, 6.45) is 2.93. The van der Waals surface area contributed by atoms with Gasteiger partial charge in [-0.3, -0.25) is 4.68 Å². The number of hydrogen-bond donors (Lipinski definition) is 0. The van der Waals surface area contributed by atoms with Crippen LogP contribution >= 0.6 is 23.2 Å². The van der Waals surface area contributed by atoms with E-state index in [0.717, 1.165) is 30.6 Å². The Bertz CT molecular complexity index is 694. The van der Waals surface area contributed by atoms with Crippen LogP contribution in [0.1, 0.15) is 41.8 Å². The lowest BCUT2D eigenvalue weighted by Gasteiger charge is -2.19. The van der Waals surface area contributed by atoms with E-state index in [1.165, 1.54) is 17.0 Å². The van der Waals surface area contributed by atoms with Gasteiger partial charge in [0.1, 0.15) is 5.75 Å². The second-order valence-corrected chi connectivity index (χ2v) is 6.14. The van der Waals surface area contributed by atoms with E-state index in [0.29, 0.717) is 10.0 Å². The number of ether oxygens (including phenoxy) is 1. The molecule has 1 heterocycles. The van der Waals surface area contributed by atoms with E-state index in [-0.39, 0.29) is 5.92 Å². The van der Waals surface area contributed by atoms with Crippen molar-refractivity contribution >= 4 is 23.2 Å². The Morgan fingerprint density at radius 3 is 2.76 bits per heavy atom. The largest absolute Gasteiger partial charge is 0.496 e. The number of aryl methyl sites for hydroxylation is 2. The molecule has 0 fully saturated rings. The fourth-order valence-electron chi connectivity index (χ4n) is 3.41. The minimum absolute atomic E-state index is 0.213. The van der Waals surface area contributed by atoms with Gasteiger partial charge in [0, 0.05) is 29.8 Å². The molecule has 112 valence electrons. The van der Waals surface area contributed by atoms with E-state index in [4.69, 9.17) is 27.9 Å². The average Bonchev–Trinajstić information content (AvgIpc) is 2.99. The molecule has 5 heteroatoms. The molecule has 21 heavy (non-hydrogen) atoms. The van der Waals surface area contributed by atoms with Gasteiger partial charge in [0.25, 0.3) is 0 Å². The third-order valence-corrected chi connectivity index (χ3v) is 5.12. The first kappa shape index (κ1) is 14.7. The van der Waals surface area contributed by atoms with Crippen LogP contribution in [-0.4, -0.2) is 16.9 Å². The fraction of sp³-hybridized carbons (Fsp3) is 0.438. The molecule has 1 aliphatic rings. The first-order valence-electron chi connectivity index (χ1n) is 7.15. The summed E-state index contributed by atoms with van der Waals surface area (Å²) < 4.78 is 7.51. The standard InChI is InChI=1S/C16H18Cl2N2O/c1-4-12-14-9(5-7-11(14)19-20(12)2)15-13(21-3)8-6-10(17)16(15)18/h6,8-9H,4-5,7H2,1-3H3. The third kappa shape index (κ3) is 2.23. The van der Waals surface area contributed by atoms with E-state index < -0.39 is 0 Å². The zero-order chi connectivity index (χ0) is 15.1. The van der Waals surface area contributed by atoms with Crippen LogP contribution in [0.15, 0.2) is 12.1 Å². The van der Waals surface area contributed by atoms with E-state index in [1.54, 1.807) is 13.2 Å². The molecule has 3 rings (SSSR count). The minimum Gasteiger partial charge on any atom is -0.496 e. The summed E-state index contributed by atoms with van der Waals surface area (Å²) in [5.41, 5.74) is 4.75. The van der Waals surface area contributed by atoms with Crippen LogP contribution in [0.2, 0.25) is 10.0 Å². The van der Waals surface area contributed by atoms with Crippen LogP contribution in [0, 0.1) is 0 Å². The Labute approximate surface area is 134 Å². The Hall–Kier alpha value is -1.19. The van der Waals surface area contributed by atoms with Gasteiger partial charge >= 0.3 is 0 Å². The Kier molecular flexibility index (Phi) is 3.89. The number of rotatable bonds is 3. The summed E-state index contributed by atoms with van der Waals surface area (Å²) in [4.78, 5) is 0. The van der Waals surface area contributed by atoms with Gasteiger partial charge in [-0.1, -0.05) is 30.1 Å². The molecule has 1 aliphatic carbocycles. The molecule has 1 unspecified atom stereocenters. The van der Waals surface area contributed by atoms with Gasteiger partial charge in [0.15, 0.2) is 0 Å². The summed E-state index contributed by atoms with van der Waals surface area (Å²) in [7, 11) is 3.67. The topological polar surface area (TPSA) is 27.1 Å². The van der Waals surface area contributed by atoms with Crippen molar-refractivity contribution in [2.24, 2.45) is 7.05 Å². The Morgan fingerprint density at radius 2 is 2.10 bits per heavy atom. The summed E-state index contributed by atoms with van der Waals surface area (Å²) in [6.45, 7) is 2.16. The number of benzene rings is 1. The first-order valence-corrected chi connectivity index (χ1v) is 7.90. The fourth-order valence-corrected chi connectivity index (χ4v) is 3.86. The second-order valence-electron chi connectivity index (χ2n) is 5.35. The van der Waals surface area contributed by atoms with Crippen molar-refractivity contribution in [1.82, 2.24) is 9.78 Å². The highest BCUT2D eigenvalue weighted by molar-refractivity contribution is 6.42. The summed E-state index contributed by atoms with van der Waals surface area (Å²) in [5, 5.41) is 5.81. The van der Waals surface area contributed by atoms with Gasteiger partial charge < -0.3 is 4.74 Å². The molecule has 0 aliphatic heterocycles. The van der Waals surface area contributed by atoms with Gasteiger partial charge in [-0.05, 0) is 31.4 Å². The number of nitrogens with zero attached hydrogens (tertiary/aromatic N) is 2. The SMILES string of the molecule is CCc1c2c(nn1C)CCC2c1c(OC)ccc(Cl)c1Cl. The Morgan fingerprint density at radius 1 is 1.33 bits per heavy atom. The van der Waals surface area contributed by atoms with Crippen molar-refractivity contribution < 1.29 is 4.74 Å². The number of hydrogen-bond acceptors (Lipinski definition) is 2. The lowest BCUT2D eigenvalue weighted by atomic mass is 9.91. The van der Waals surface area contributed by atoms with Crippen LogP contribution in [0.5, 0.6) is 5.75 Å². The third-order valence-electron chi connectivity index (χ3n) is 4.30. The van der Waals surface area contributed by atoms with Crippen LogP contribution in [0.3, 0.4) is 0 Å². The van der Waals surface area contributed by atoms with Crippen LogP contribution in [0.25, 0.3) is 0 Å². The van der Waals surface area contributed by atoms with Crippen molar-refractivity contribution in [1.29, 1.82) is 0 Å². The maximum atomic E-state index is 6.49. The number of halogens is 2. The van der Waals surface area contributed by atoms with E-state index in [2.05, 4.69) is 12.0 Å². The number of methoxy groups -OCH3 is 1. The predicted molar refractivity (Wildman–Crippen MR) is 85.8 cm³/mol. The molecule has 0 amide bonds. The molecule has 0 bridgehead atoms. The van der Waals surface area contributed by atoms with Crippen LogP contribution < -0.4 is 4.74 Å². The molecule has 0 saturated carbocycles. The van der Waals surface area contributed by atoms with Gasteiger partial charge in [-0.2, -0.15) is 5.10 Å². The summed E-state index contributed by atoms with van der Waals surface area (Å²) >= 11 is 12.7. The van der Waals surface area contributed by atoms with Crippen LogP contribution in [-0.2, 0) is 19.9 Å². The second kappa shape index (κ2) is 5.54. The lowest BCUT2D eigenvalue weighted by Crippen LogP contribution is -2.06. The summed E-state index contributed by atoms with van der Waals surface area (Å²) in [5.74, 6) is 1.01. The van der Waals surface area contributed by atoms with E-state index >= 15 is 0 Å². The molecule has 0 spiro atoms. The molecule has 3 nitrogen and oxygen atoms in total. The maximum absolute atomic E-state index is 6.49. The maximum Gasteiger partial charge on any atom is 0.124 e. The normalized spacial score (nSPS) is 17.1. The van der Waals surface area contributed by atoms with Gasteiger partial charge in [-0.25, -0.2) is 0 Å². The highest BCUT2D eigenvalue weighted by Gasteiger charge is 2.34. The lowest BCUT2D eigenvalue weighted by molar-refractivity contribution is 0.407. The smallest absolute Gasteiger partial charge is 0.124 e. The molecule has 0 radical (unpaired) electrons. The number of aromatic nitrogens is 2. The predicted octanol–water partition coefficient (Wildman–Crippen LogP) is 4.38. The average molecular weight is 325 g/mol. The zero-order valence-electron chi connectivity index (χ0n) is 12.4. The van der Waals surface area contributed by atoms with E-state index in [9.17, 15) is 0 Å². The highest BCUT2D eigenvalue weighted by Crippen LogP contribution is 2.47. The minimum atomic E-state index is 0.213. The van der Waals surface area contributed by atoms with Crippen molar-refractivity contribution in [2.75, 3.05) is 7.11 Å². The monoisotopic (exact) mass is 324 g/mol. The molecular weight excluding hydrogens is 307 g/mol. The molecule has 0 N–H and O–H groups in total. The molecular formula is C16H18Cl2N2O. The van der Waals surface area contributed by atoms with Gasteiger partial charge in [-0.15, -0.1) is 0 Å². The first-order chi connectivity index (χ1) is 10.1. The van der Waals surface area contributed by atoms with Crippen molar-refractivity contribution in [2.45, 2.75) is 32.1 Å². The summed E-state index contributed by atoms with van der Waals surface area (Å²) in [6, 6.07) is 3.68. The number of fused-ring (bicyclic) bond motifs is 1. The Balaban J connectivity index is 2.20. The van der Waals surface area contributed by atoms with Gasteiger partial charge in [0.05, 0.1) is 22.8 Å². The van der Waals surface area contributed by atoms with E-state index in [1.807, 2.05) is 17.8 Å². The van der Waals surface area contributed by atoms with Crippen LogP contribution in [0.4, 0.5) is 0 Å². The zero-order valence-corrected chi connectivity index (χ0v) is 13.9. The molecule has 2 aromatic rings. The molecule has 1 atom stereocenters. The van der Waals surface area contributed by atoms with Crippen molar-refractivity contribution in [3.05, 3.63) is 44.7 Å². The molecule has 0 saturated heterocycles. The molecule has 1 aromatic carbocycles. The molecule has 1 aromatic heterocycles. The highest BCUT2D eigenvalue weighted by atomic mass is 35.5. The van der Waals surface area contributed by atoms with Crippen molar-refractivity contribution in [3.8, 4) is 5.75 Å². The van der Waals surface area contributed by atoms with Gasteiger partial charge in [0.2, 0.25) is 0 Å².